The van der Waals surface area contributed by atoms with E-state index in [1.165, 1.54) is 12.1 Å². The zero-order chi connectivity index (χ0) is 28.5. The zero-order valence-corrected chi connectivity index (χ0v) is 24.3. The topological polar surface area (TPSA) is 54.9 Å². The zero-order valence-electron chi connectivity index (χ0n) is 24.3. The quantitative estimate of drug-likeness (QED) is 0.269. The third-order valence-electron chi connectivity index (χ3n) is 7.06. The predicted molar refractivity (Wildman–Crippen MR) is 157 cm³/mol. The lowest BCUT2D eigenvalue weighted by molar-refractivity contribution is -0.118. The van der Waals surface area contributed by atoms with E-state index in [0.717, 1.165) is 66.6 Å². The van der Waals surface area contributed by atoms with Crippen LogP contribution in [-0.2, 0) is 24.2 Å². The first kappa shape index (κ1) is 29.7. The lowest BCUT2D eigenvalue weighted by Gasteiger charge is -2.32. The Kier molecular flexibility index (Phi) is 10.7. The SMILES string of the molecule is CCOc1ccc(-c2ccc(CC(=O)CCc3cc(F)cc(OCC(C)C)c3)nc2CN2CCN(C)CC2)cc1. The van der Waals surface area contributed by atoms with E-state index in [1.807, 2.05) is 45.0 Å². The number of carbonyl (C=O) groups is 1. The van der Waals surface area contributed by atoms with Gasteiger partial charge in [0.15, 0.2) is 0 Å². The first-order chi connectivity index (χ1) is 19.3. The molecule has 0 aliphatic carbocycles. The van der Waals surface area contributed by atoms with E-state index in [1.54, 1.807) is 0 Å². The maximum Gasteiger partial charge on any atom is 0.139 e. The number of aryl methyl sites for hydroxylation is 1. The molecule has 0 radical (unpaired) electrons. The number of aromatic nitrogens is 1. The predicted octanol–water partition coefficient (Wildman–Crippen LogP) is 5.81. The molecule has 1 aliphatic rings. The first-order valence-corrected chi connectivity index (χ1v) is 14.4. The minimum Gasteiger partial charge on any atom is -0.494 e. The van der Waals surface area contributed by atoms with Gasteiger partial charge in [0.05, 0.1) is 18.9 Å². The van der Waals surface area contributed by atoms with Crippen LogP contribution in [0.2, 0.25) is 0 Å². The highest BCUT2D eigenvalue weighted by molar-refractivity contribution is 5.81. The molecule has 0 spiro atoms. The molecule has 0 amide bonds. The minimum absolute atomic E-state index is 0.0841. The van der Waals surface area contributed by atoms with Crippen molar-refractivity contribution in [2.45, 2.75) is 46.6 Å². The van der Waals surface area contributed by atoms with E-state index in [4.69, 9.17) is 14.5 Å². The van der Waals surface area contributed by atoms with Crippen molar-refractivity contribution in [2.75, 3.05) is 46.4 Å². The van der Waals surface area contributed by atoms with E-state index < -0.39 is 0 Å². The standard InChI is InChI=1S/C33H42FN3O3/c1-5-39-30-11-7-26(8-12-30)32-13-9-28(35-33(32)22-37-16-14-36(4)15-17-37)21-29(38)10-6-25-18-27(34)20-31(19-25)40-23-24(2)3/h7-9,11-13,18-20,24H,5-6,10,14-17,21-23H2,1-4H3. The van der Waals surface area contributed by atoms with E-state index >= 15 is 0 Å². The van der Waals surface area contributed by atoms with Crippen LogP contribution in [-0.4, -0.2) is 67.0 Å². The summed E-state index contributed by atoms with van der Waals surface area (Å²) in [7, 11) is 2.15. The second-order valence-electron chi connectivity index (χ2n) is 11.0. The number of likely N-dealkylation sites (N-methyl/N-ethyl adjacent to an activating group) is 1. The largest absolute Gasteiger partial charge is 0.494 e. The number of hydrogen-bond donors (Lipinski definition) is 0. The Hall–Kier alpha value is -3.29. The molecule has 1 aromatic heterocycles. The van der Waals surface area contributed by atoms with Gasteiger partial charge in [0.2, 0.25) is 0 Å². The van der Waals surface area contributed by atoms with Crippen LogP contribution >= 0.6 is 0 Å². The van der Waals surface area contributed by atoms with Gasteiger partial charge >= 0.3 is 0 Å². The molecule has 0 bridgehead atoms. The van der Waals surface area contributed by atoms with Gasteiger partial charge in [0.25, 0.3) is 0 Å². The van der Waals surface area contributed by atoms with E-state index in [2.05, 4.69) is 35.0 Å². The molecule has 40 heavy (non-hydrogen) atoms. The lowest BCUT2D eigenvalue weighted by Crippen LogP contribution is -2.44. The highest BCUT2D eigenvalue weighted by atomic mass is 19.1. The molecule has 3 aromatic rings. The van der Waals surface area contributed by atoms with Crippen molar-refractivity contribution in [2.24, 2.45) is 5.92 Å². The molecule has 1 fully saturated rings. The lowest BCUT2D eigenvalue weighted by atomic mass is 10.0. The fourth-order valence-electron chi connectivity index (χ4n) is 4.83. The maximum atomic E-state index is 14.1. The fourth-order valence-corrected chi connectivity index (χ4v) is 4.83. The normalized spacial score (nSPS) is 14.4. The summed E-state index contributed by atoms with van der Waals surface area (Å²) in [5.41, 5.74) is 4.67. The van der Waals surface area contributed by atoms with E-state index in [0.29, 0.717) is 37.7 Å². The summed E-state index contributed by atoms with van der Waals surface area (Å²) in [6.07, 6.45) is 1.04. The number of hydrogen-bond acceptors (Lipinski definition) is 6. The van der Waals surface area contributed by atoms with Crippen molar-refractivity contribution in [3.8, 4) is 22.6 Å². The number of pyridine rings is 1. The Labute approximate surface area is 238 Å². The van der Waals surface area contributed by atoms with Crippen molar-refractivity contribution in [3.63, 3.8) is 0 Å². The van der Waals surface area contributed by atoms with Crippen molar-refractivity contribution >= 4 is 5.78 Å². The Morgan fingerprint density at radius 3 is 2.42 bits per heavy atom. The van der Waals surface area contributed by atoms with Gasteiger partial charge in [-0.15, -0.1) is 0 Å². The number of benzene rings is 2. The highest BCUT2D eigenvalue weighted by Gasteiger charge is 2.18. The molecule has 0 N–H and O–H groups in total. The van der Waals surface area contributed by atoms with Crippen LogP contribution in [0.15, 0.2) is 54.6 Å². The summed E-state index contributed by atoms with van der Waals surface area (Å²) < 4.78 is 25.4. The molecule has 0 atom stereocenters. The van der Waals surface area contributed by atoms with Crippen LogP contribution in [0, 0.1) is 11.7 Å². The van der Waals surface area contributed by atoms with Gasteiger partial charge in [-0.05, 0) is 67.8 Å². The van der Waals surface area contributed by atoms with Crippen molar-refractivity contribution in [1.82, 2.24) is 14.8 Å². The first-order valence-electron chi connectivity index (χ1n) is 14.4. The van der Waals surface area contributed by atoms with Crippen LogP contribution < -0.4 is 9.47 Å². The molecule has 2 aromatic carbocycles. The number of Topliss-reactive ketones (excluding diaryl/α,β-unsaturated/α-hetero) is 1. The number of piperazine rings is 1. The minimum atomic E-state index is -0.344. The Morgan fingerprint density at radius 1 is 0.975 bits per heavy atom. The second kappa shape index (κ2) is 14.4. The average Bonchev–Trinajstić information content (AvgIpc) is 2.93. The summed E-state index contributed by atoms with van der Waals surface area (Å²) in [5.74, 6) is 1.45. The Bertz CT molecular complexity index is 1250. The molecule has 2 heterocycles. The molecule has 1 aliphatic heterocycles. The van der Waals surface area contributed by atoms with Crippen molar-refractivity contribution in [3.05, 3.63) is 77.4 Å². The van der Waals surface area contributed by atoms with Gasteiger partial charge < -0.3 is 14.4 Å². The van der Waals surface area contributed by atoms with Crippen molar-refractivity contribution in [1.29, 1.82) is 0 Å². The molecule has 4 rings (SSSR count). The molecular formula is C33H42FN3O3. The number of rotatable bonds is 13. The summed E-state index contributed by atoms with van der Waals surface area (Å²) in [6, 6.07) is 16.9. The number of ether oxygens (including phenoxy) is 2. The molecule has 0 unspecified atom stereocenters. The summed E-state index contributed by atoms with van der Waals surface area (Å²) in [6.45, 7) is 12.0. The summed E-state index contributed by atoms with van der Waals surface area (Å²) in [5, 5.41) is 0. The number of nitrogens with zero attached hydrogens (tertiary/aromatic N) is 3. The van der Waals surface area contributed by atoms with Gasteiger partial charge in [-0.1, -0.05) is 32.0 Å². The summed E-state index contributed by atoms with van der Waals surface area (Å²) in [4.78, 5) is 22.7. The molecule has 6 nitrogen and oxygen atoms in total. The molecular weight excluding hydrogens is 505 g/mol. The van der Waals surface area contributed by atoms with Crippen LogP contribution in [0.1, 0.15) is 44.1 Å². The van der Waals surface area contributed by atoms with Crippen LogP contribution in [0.25, 0.3) is 11.1 Å². The number of halogens is 1. The van der Waals surface area contributed by atoms with E-state index in [-0.39, 0.29) is 18.0 Å². The monoisotopic (exact) mass is 547 g/mol. The average molecular weight is 548 g/mol. The van der Waals surface area contributed by atoms with Crippen LogP contribution in [0.4, 0.5) is 4.39 Å². The van der Waals surface area contributed by atoms with Gasteiger partial charge in [-0.2, -0.15) is 0 Å². The smallest absolute Gasteiger partial charge is 0.139 e. The Balaban J connectivity index is 1.46. The van der Waals surface area contributed by atoms with Crippen LogP contribution in [0.5, 0.6) is 11.5 Å². The van der Waals surface area contributed by atoms with Gasteiger partial charge in [-0.3, -0.25) is 14.7 Å². The highest BCUT2D eigenvalue weighted by Crippen LogP contribution is 2.27. The fraction of sp³-hybridized carbons (Fsp3) is 0.455. The third kappa shape index (κ3) is 8.86. The second-order valence-corrected chi connectivity index (χ2v) is 11.0. The number of ketones is 1. The van der Waals surface area contributed by atoms with Gasteiger partial charge in [0.1, 0.15) is 23.1 Å². The maximum absolute atomic E-state index is 14.1. The van der Waals surface area contributed by atoms with Gasteiger partial charge in [-0.25, -0.2) is 4.39 Å². The molecule has 7 heteroatoms. The summed E-state index contributed by atoms with van der Waals surface area (Å²) >= 11 is 0. The molecule has 0 saturated carbocycles. The molecule has 214 valence electrons. The van der Waals surface area contributed by atoms with Gasteiger partial charge in [0, 0.05) is 62.9 Å². The third-order valence-corrected chi connectivity index (χ3v) is 7.06. The van der Waals surface area contributed by atoms with Crippen molar-refractivity contribution < 1.29 is 18.7 Å². The molecule has 1 saturated heterocycles. The van der Waals surface area contributed by atoms with E-state index in [9.17, 15) is 9.18 Å². The Morgan fingerprint density at radius 2 is 1.73 bits per heavy atom. The number of carbonyl (C=O) groups excluding carboxylic acids is 1. The van der Waals surface area contributed by atoms with Crippen LogP contribution in [0.3, 0.4) is 0 Å².